The van der Waals surface area contributed by atoms with E-state index in [1.165, 1.54) is 0 Å². The van der Waals surface area contributed by atoms with E-state index < -0.39 is 0 Å². The molecule has 1 amide bonds. The van der Waals surface area contributed by atoms with E-state index in [1.54, 1.807) is 24.3 Å². The average molecular weight is 391 g/mol. The van der Waals surface area contributed by atoms with Gasteiger partial charge in [-0.15, -0.1) is 12.4 Å². The highest BCUT2D eigenvalue weighted by atomic mass is 35.5. The highest BCUT2D eigenvalue weighted by Gasteiger charge is 2.06. The van der Waals surface area contributed by atoms with Crippen molar-refractivity contribution in [2.75, 3.05) is 16.4 Å². The van der Waals surface area contributed by atoms with Crippen molar-refractivity contribution in [3.8, 4) is 0 Å². The number of halogens is 2. The van der Waals surface area contributed by atoms with Crippen LogP contribution in [-0.2, 0) is 7.05 Å². The van der Waals surface area contributed by atoms with Gasteiger partial charge >= 0.3 is 0 Å². The molecule has 0 aliphatic rings. The lowest BCUT2D eigenvalue weighted by atomic mass is 10.2. The van der Waals surface area contributed by atoms with Crippen LogP contribution >= 0.6 is 12.4 Å². The van der Waals surface area contributed by atoms with Crippen molar-refractivity contribution in [2.45, 2.75) is 0 Å². The minimum absolute atomic E-state index is 0. The molecule has 0 aliphatic heterocycles. The Morgan fingerprint density at radius 1 is 0.923 bits per heavy atom. The third-order valence-corrected chi connectivity index (χ3v) is 3.56. The van der Waals surface area contributed by atoms with Crippen LogP contribution in [0.3, 0.4) is 0 Å². The molecule has 136 valence electrons. The number of hydrogen-bond acceptors (Lipinski definition) is 3. The maximum Gasteiger partial charge on any atom is 0.255 e. The lowest BCUT2D eigenvalue weighted by Gasteiger charge is -2.09. The van der Waals surface area contributed by atoms with Gasteiger partial charge in [0.05, 0.1) is 5.69 Å². The van der Waals surface area contributed by atoms with Gasteiger partial charge in [0.2, 0.25) is 0 Å². The Morgan fingerprint density at radius 2 is 1.54 bits per heavy atom. The Morgan fingerprint density at radius 3 is 2.19 bits per heavy atom. The van der Waals surface area contributed by atoms with Gasteiger partial charge < -0.3 is 28.8 Å². The van der Waals surface area contributed by atoms with Crippen LogP contribution in [0.15, 0.2) is 73.1 Å². The van der Waals surface area contributed by atoms with Crippen molar-refractivity contribution in [1.29, 1.82) is 0 Å². The number of nitrogens with two attached hydrogens (primary N) is 1. The summed E-state index contributed by atoms with van der Waals surface area (Å²) in [7, 11) is 1.97. The van der Waals surface area contributed by atoms with E-state index >= 15 is 0 Å². The highest BCUT2D eigenvalue weighted by Crippen LogP contribution is 2.20. The largest absolute Gasteiger partial charge is 1.00 e. The van der Waals surface area contributed by atoms with Crippen molar-refractivity contribution >= 4 is 41.1 Å². The van der Waals surface area contributed by atoms with Gasteiger partial charge in [-0.3, -0.25) is 4.79 Å². The summed E-state index contributed by atoms with van der Waals surface area (Å²) < 4.78 is 1.97. The number of carbonyl (C=O) groups excluding carboxylic acids is 1. The fourth-order valence-electron chi connectivity index (χ4n) is 2.26. The quantitative estimate of drug-likeness (QED) is 0.449. The lowest BCUT2D eigenvalue weighted by Crippen LogP contribution is -3.00. The van der Waals surface area contributed by atoms with Crippen molar-refractivity contribution in [3.05, 3.63) is 78.6 Å². The number of carbonyl (C=O) groups is 1. The number of pyridine rings is 1. The normalized spacial score (nSPS) is 9.42. The standard InChI is InChI=1S/C19H18N4O.2ClH/c1-23-11-9-16(10-12-23)21-17-3-2-4-18(13-17)22-19(24)14-5-7-15(20)8-6-14;;/h2-13H,1H3,(H3,20,22,24);2*1H. The predicted molar refractivity (Wildman–Crippen MR) is 103 cm³/mol. The molecule has 4 N–H and O–H groups in total. The first kappa shape index (κ1) is 21.3. The maximum atomic E-state index is 12.3. The van der Waals surface area contributed by atoms with Crippen LogP contribution < -0.4 is 33.3 Å². The molecule has 26 heavy (non-hydrogen) atoms. The molecule has 0 atom stereocenters. The molecule has 2 aromatic carbocycles. The van der Waals surface area contributed by atoms with E-state index in [2.05, 4.69) is 10.6 Å². The molecule has 1 aromatic heterocycles. The molecule has 0 saturated carbocycles. The second-order valence-electron chi connectivity index (χ2n) is 5.53. The number of hydrogen-bond donors (Lipinski definition) is 3. The Bertz CT molecular complexity index is 852. The SMILES string of the molecule is C[n+]1ccc(Nc2cccc(NC(=O)c3ccc(N)cc3)c2)cc1.Cl.[Cl-]. The van der Waals surface area contributed by atoms with E-state index in [4.69, 9.17) is 5.73 Å². The van der Waals surface area contributed by atoms with Crippen LogP contribution in [0.5, 0.6) is 0 Å². The molecule has 7 heteroatoms. The molecule has 3 rings (SSSR count). The van der Waals surface area contributed by atoms with Gasteiger partial charge in [-0.05, 0) is 42.5 Å². The summed E-state index contributed by atoms with van der Waals surface area (Å²) in [5.74, 6) is -0.168. The molecular formula is C19H20Cl2N4O. The summed E-state index contributed by atoms with van der Waals surface area (Å²) in [5.41, 5.74) is 9.45. The summed E-state index contributed by atoms with van der Waals surface area (Å²) in [6.45, 7) is 0. The number of amides is 1. The zero-order valence-electron chi connectivity index (χ0n) is 14.1. The van der Waals surface area contributed by atoms with Crippen molar-refractivity contribution in [3.63, 3.8) is 0 Å². The number of nitrogens with one attached hydrogen (secondary N) is 2. The van der Waals surface area contributed by atoms with Crippen LogP contribution in [0.25, 0.3) is 0 Å². The number of aromatic nitrogens is 1. The highest BCUT2D eigenvalue weighted by molar-refractivity contribution is 6.04. The number of aryl methyl sites for hydroxylation is 1. The second kappa shape index (κ2) is 9.65. The Kier molecular flexibility index (Phi) is 7.90. The predicted octanol–water partition coefficient (Wildman–Crippen LogP) is 0.515. The van der Waals surface area contributed by atoms with Gasteiger partial charge in [0.25, 0.3) is 5.91 Å². The van der Waals surface area contributed by atoms with E-state index in [1.807, 2.05) is 60.4 Å². The first-order valence-corrected chi connectivity index (χ1v) is 7.59. The smallest absolute Gasteiger partial charge is 0.255 e. The van der Waals surface area contributed by atoms with Gasteiger partial charge in [0.15, 0.2) is 12.4 Å². The van der Waals surface area contributed by atoms with E-state index in [0.29, 0.717) is 11.3 Å². The monoisotopic (exact) mass is 390 g/mol. The maximum absolute atomic E-state index is 12.3. The number of anilines is 4. The Hall–Kier alpha value is -2.76. The van der Waals surface area contributed by atoms with Gasteiger partial charge in [-0.2, -0.15) is 0 Å². The van der Waals surface area contributed by atoms with Crippen molar-refractivity contribution in [1.82, 2.24) is 0 Å². The number of rotatable bonds is 4. The Balaban J connectivity index is 0.00000169. The fraction of sp³-hybridized carbons (Fsp3) is 0.0526. The minimum atomic E-state index is -0.168. The molecule has 0 bridgehead atoms. The molecule has 0 saturated heterocycles. The molecule has 0 aliphatic carbocycles. The van der Waals surface area contributed by atoms with Gasteiger partial charge in [0, 0.05) is 34.8 Å². The molecule has 5 nitrogen and oxygen atoms in total. The molecule has 0 fully saturated rings. The lowest BCUT2D eigenvalue weighted by molar-refractivity contribution is -0.671. The second-order valence-corrected chi connectivity index (χ2v) is 5.53. The zero-order chi connectivity index (χ0) is 16.9. The van der Waals surface area contributed by atoms with Gasteiger partial charge in [-0.1, -0.05) is 6.07 Å². The third-order valence-electron chi connectivity index (χ3n) is 3.56. The molecule has 0 unspecified atom stereocenters. The first-order chi connectivity index (χ1) is 11.6. The number of nitrogen functional groups attached to an aromatic ring is 1. The summed E-state index contributed by atoms with van der Waals surface area (Å²) in [6.07, 6.45) is 3.93. The minimum Gasteiger partial charge on any atom is -1.00 e. The molecule has 0 spiro atoms. The summed E-state index contributed by atoms with van der Waals surface area (Å²) in [5, 5.41) is 6.20. The first-order valence-electron chi connectivity index (χ1n) is 7.59. The molecule has 3 aromatic rings. The summed E-state index contributed by atoms with van der Waals surface area (Å²) >= 11 is 0. The topological polar surface area (TPSA) is 71.0 Å². The van der Waals surface area contributed by atoms with E-state index in [0.717, 1.165) is 17.1 Å². The molecule has 1 heterocycles. The van der Waals surface area contributed by atoms with Crippen LogP contribution in [0.2, 0.25) is 0 Å². The van der Waals surface area contributed by atoms with Crippen LogP contribution in [0, 0.1) is 0 Å². The summed E-state index contributed by atoms with van der Waals surface area (Å²) in [6, 6.07) is 18.4. The van der Waals surface area contributed by atoms with Gasteiger partial charge in [0.1, 0.15) is 7.05 Å². The number of benzene rings is 2. The van der Waals surface area contributed by atoms with Gasteiger partial charge in [-0.25, -0.2) is 4.57 Å². The zero-order valence-corrected chi connectivity index (χ0v) is 15.7. The van der Waals surface area contributed by atoms with Crippen molar-refractivity contribution in [2.24, 2.45) is 7.05 Å². The Labute approximate surface area is 165 Å². The van der Waals surface area contributed by atoms with E-state index in [-0.39, 0.29) is 30.7 Å². The summed E-state index contributed by atoms with van der Waals surface area (Å²) in [4.78, 5) is 12.3. The number of nitrogens with zero attached hydrogens (tertiary/aromatic N) is 1. The third kappa shape index (κ3) is 5.65. The van der Waals surface area contributed by atoms with E-state index in [9.17, 15) is 4.79 Å². The average Bonchev–Trinajstić information content (AvgIpc) is 2.58. The fourth-order valence-corrected chi connectivity index (χ4v) is 2.26. The van der Waals surface area contributed by atoms with Crippen LogP contribution in [0.4, 0.5) is 22.7 Å². The van der Waals surface area contributed by atoms with Crippen molar-refractivity contribution < 1.29 is 21.8 Å². The van der Waals surface area contributed by atoms with Crippen LogP contribution in [0.1, 0.15) is 10.4 Å². The molecule has 0 radical (unpaired) electrons. The molecular weight excluding hydrogens is 371 g/mol. The van der Waals surface area contributed by atoms with Crippen LogP contribution in [-0.4, -0.2) is 5.91 Å².